The number of thiophene rings is 1. The molecule has 0 saturated carbocycles. The van der Waals surface area contributed by atoms with Crippen LogP contribution in [0.15, 0.2) is 231 Å². The summed E-state index contributed by atoms with van der Waals surface area (Å²) in [4.78, 5) is 12.2. The van der Waals surface area contributed by atoms with Gasteiger partial charge in [-0.25, -0.2) is 9.97 Å². The van der Waals surface area contributed by atoms with Crippen molar-refractivity contribution in [1.29, 1.82) is 0 Å². The molecule has 0 amide bonds. The van der Waals surface area contributed by atoms with Gasteiger partial charge in [0.2, 0.25) is 0 Å². The van der Waals surface area contributed by atoms with Gasteiger partial charge in [0.25, 0.3) is 0 Å². The second-order valence-electron chi connectivity index (χ2n) is 16.6. The maximum atomic E-state index is 5.47. The molecule has 0 fully saturated rings. The van der Waals surface area contributed by atoms with Crippen LogP contribution >= 0.6 is 11.3 Å². The lowest BCUT2D eigenvalue weighted by Gasteiger charge is -2.16. The molecule has 0 unspecified atom stereocenters. The number of nitrogens with zero attached hydrogens (tertiary/aromatic N) is 4. The third-order valence-electron chi connectivity index (χ3n) is 12.7. The molecule has 0 aliphatic rings. The normalized spacial score (nSPS) is 11.7. The van der Waals surface area contributed by atoms with Gasteiger partial charge in [0.1, 0.15) is 0 Å². The second-order valence-corrected chi connectivity index (χ2v) is 17.7. The van der Waals surface area contributed by atoms with Crippen molar-refractivity contribution in [1.82, 2.24) is 19.1 Å². The topological polar surface area (TPSA) is 35.6 Å². The molecule has 13 rings (SSSR count). The van der Waals surface area contributed by atoms with Crippen LogP contribution in [0, 0.1) is 0 Å². The average Bonchev–Trinajstić information content (AvgIpc) is 4.07. The van der Waals surface area contributed by atoms with Gasteiger partial charge < -0.3 is 9.13 Å². The van der Waals surface area contributed by atoms with Crippen LogP contribution in [0.5, 0.6) is 0 Å². The lowest BCUT2D eigenvalue weighted by molar-refractivity contribution is 1.12. The fourth-order valence-corrected chi connectivity index (χ4v) is 10.7. The highest BCUT2D eigenvalue weighted by Crippen LogP contribution is 2.39. The Hall–Kier alpha value is -8.38. The fraction of sp³-hybridized carbons (Fsp3) is 0. The molecule has 304 valence electrons. The van der Waals surface area contributed by atoms with E-state index in [9.17, 15) is 0 Å². The van der Waals surface area contributed by atoms with E-state index < -0.39 is 0 Å². The summed E-state index contributed by atoms with van der Waals surface area (Å²) in [5.41, 5.74) is 14.9. The summed E-state index contributed by atoms with van der Waals surface area (Å²) in [5, 5.41) is 6.12. The van der Waals surface area contributed by atoms with E-state index in [0.29, 0.717) is 5.82 Å². The van der Waals surface area contributed by atoms with Crippen molar-refractivity contribution in [2.75, 3.05) is 0 Å². The minimum absolute atomic E-state index is 0.655. The van der Waals surface area contributed by atoms with Crippen molar-refractivity contribution in [2.45, 2.75) is 0 Å². The van der Waals surface area contributed by atoms with E-state index in [4.69, 9.17) is 9.97 Å². The summed E-state index contributed by atoms with van der Waals surface area (Å²) in [5.74, 6) is 0.655. The number of hydrogen-bond donors (Lipinski definition) is 0. The molecule has 0 atom stereocenters. The number of aromatic nitrogens is 4. The Bertz CT molecular complexity index is 3660. The number of benzene rings is 9. The molecular weight excluding hydrogens is 809 g/mol. The predicted molar refractivity (Wildman–Crippen MR) is 273 cm³/mol. The molecule has 0 N–H and O–H groups in total. The smallest absolute Gasteiger partial charge is 0.160 e. The van der Waals surface area contributed by atoms with Gasteiger partial charge in [-0.05, 0) is 82.7 Å². The summed E-state index contributed by atoms with van der Waals surface area (Å²) in [6, 6.07) is 82.8. The average molecular weight is 847 g/mol. The molecule has 0 saturated heterocycles. The van der Waals surface area contributed by atoms with E-state index in [1.807, 2.05) is 11.3 Å². The van der Waals surface area contributed by atoms with Crippen molar-refractivity contribution >= 4 is 65.0 Å². The van der Waals surface area contributed by atoms with Gasteiger partial charge >= 0.3 is 0 Å². The lowest BCUT2D eigenvalue weighted by atomic mass is 10.0. The SMILES string of the molecule is c1ccc(-c2ccc(-c3cc(-c4ccc(-c5cc6ccccc6s5)cc4)nc(-c4cc(-n5c6ccccc6c6ccccc65)cc(-n5c6ccccc6c6ccccc65)c4)n3)cc2)cc1. The van der Waals surface area contributed by atoms with Crippen LogP contribution in [0.1, 0.15) is 0 Å². The molecule has 4 nitrogen and oxygen atoms in total. The van der Waals surface area contributed by atoms with E-state index in [1.54, 1.807) is 0 Å². The summed E-state index contributed by atoms with van der Waals surface area (Å²) in [6.07, 6.45) is 0. The quantitative estimate of drug-likeness (QED) is 0.160. The number of para-hydroxylation sites is 4. The number of fused-ring (bicyclic) bond motifs is 7. The van der Waals surface area contributed by atoms with Gasteiger partial charge in [-0.15, -0.1) is 11.3 Å². The van der Waals surface area contributed by atoms with Crippen molar-refractivity contribution < 1.29 is 0 Å². The standard InChI is InChI=1S/C60H38N4S/c1-2-14-39(15-3-1)40-26-28-41(29-27-40)52-38-53(42-30-32-43(33-31-42)59-36-44-16-4-13-25-58(44)65-59)62-60(61-52)45-34-46(63-54-21-9-5-17-48(54)49-18-6-10-22-55(49)63)37-47(35-45)64-56-23-11-7-19-50(56)51-20-8-12-24-57(51)64/h1-38H. The molecule has 0 bridgehead atoms. The third-order valence-corrected chi connectivity index (χ3v) is 13.9. The highest BCUT2D eigenvalue weighted by molar-refractivity contribution is 7.22. The van der Waals surface area contributed by atoms with Crippen molar-refractivity contribution in [3.05, 3.63) is 231 Å². The van der Waals surface area contributed by atoms with Crippen LogP contribution < -0.4 is 0 Å². The van der Waals surface area contributed by atoms with Crippen LogP contribution in [-0.2, 0) is 0 Å². The van der Waals surface area contributed by atoms with Gasteiger partial charge in [-0.2, -0.15) is 0 Å². The van der Waals surface area contributed by atoms with E-state index in [0.717, 1.165) is 67.1 Å². The van der Waals surface area contributed by atoms with Crippen LogP contribution in [0.2, 0.25) is 0 Å². The molecule has 4 heterocycles. The van der Waals surface area contributed by atoms with E-state index in [-0.39, 0.29) is 0 Å². The molecule has 0 spiro atoms. The van der Waals surface area contributed by atoms with Gasteiger partial charge in [0.15, 0.2) is 5.82 Å². The van der Waals surface area contributed by atoms with Crippen molar-refractivity contribution in [3.8, 4) is 66.8 Å². The van der Waals surface area contributed by atoms with Crippen LogP contribution in [0.3, 0.4) is 0 Å². The summed E-state index contributed by atoms with van der Waals surface area (Å²) in [7, 11) is 0. The zero-order valence-electron chi connectivity index (χ0n) is 35.1. The van der Waals surface area contributed by atoms with E-state index in [1.165, 1.54) is 47.6 Å². The van der Waals surface area contributed by atoms with Gasteiger partial charge in [0, 0.05) is 59.2 Å². The third kappa shape index (κ3) is 6.36. The first-order valence-corrected chi connectivity index (χ1v) is 22.8. The van der Waals surface area contributed by atoms with E-state index in [2.05, 4.69) is 240 Å². The molecule has 0 radical (unpaired) electrons. The maximum absolute atomic E-state index is 5.47. The largest absolute Gasteiger partial charge is 0.309 e. The first kappa shape index (κ1) is 37.2. The molecule has 4 aromatic heterocycles. The Morgan fingerprint density at radius 2 is 0.723 bits per heavy atom. The monoisotopic (exact) mass is 846 g/mol. The molecular formula is C60H38N4S. The van der Waals surface area contributed by atoms with Crippen molar-refractivity contribution in [2.24, 2.45) is 0 Å². The Morgan fingerprint density at radius 3 is 1.23 bits per heavy atom. The summed E-state index contributed by atoms with van der Waals surface area (Å²) >= 11 is 1.82. The van der Waals surface area contributed by atoms with Gasteiger partial charge in [-0.3, -0.25) is 0 Å². The molecule has 13 aromatic rings. The second kappa shape index (κ2) is 15.2. The molecule has 9 aromatic carbocycles. The summed E-state index contributed by atoms with van der Waals surface area (Å²) in [6.45, 7) is 0. The van der Waals surface area contributed by atoms with Crippen LogP contribution in [0.4, 0.5) is 0 Å². The first-order valence-electron chi connectivity index (χ1n) is 22.0. The number of hydrogen-bond acceptors (Lipinski definition) is 3. The molecule has 5 heteroatoms. The molecule has 0 aliphatic carbocycles. The van der Waals surface area contributed by atoms with Crippen LogP contribution in [0.25, 0.3) is 121 Å². The predicted octanol–water partition coefficient (Wildman–Crippen LogP) is 16.2. The van der Waals surface area contributed by atoms with Gasteiger partial charge in [0.05, 0.1) is 33.5 Å². The Kier molecular flexibility index (Phi) is 8.68. The maximum Gasteiger partial charge on any atom is 0.160 e. The lowest BCUT2D eigenvalue weighted by Crippen LogP contribution is -2.02. The first-order chi connectivity index (χ1) is 32.2. The fourth-order valence-electron chi connectivity index (χ4n) is 9.65. The van der Waals surface area contributed by atoms with E-state index >= 15 is 0 Å². The minimum Gasteiger partial charge on any atom is -0.309 e. The molecule has 0 aliphatic heterocycles. The van der Waals surface area contributed by atoms with Crippen molar-refractivity contribution in [3.63, 3.8) is 0 Å². The van der Waals surface area contributed by atoms with Crippen LogP contribution in [-0.4, -0.2) is 19.1 Å². The zero-order chi connectivity index (χ0) is 42.8. The minimum atomic E-state index is 0.655. The zero-order valence-corrected chi connectivity index (χ0v) is 36.0. The number of rotatable bonds is 7. The molecule has 65 heavy (non-hydrogen) atoms. The Morgan fingerprint density at radius 1 is 0.308 bits per heavy atom. The highest BCUT2D eigenvalue weighted by atomic mass is 32.1. The Labute approximate surface area is 379 Å². The Balaban J connectivity index is 1.04. The van der Waals surface area contributed by atoms with Gasteiger partial charge in [-0.1, -0.05) is 170 Å². The summed E-state index contributed by atoms with van der Waals surface area (Å²) < 4.78 is 6.08. The highest BCUT2D eigenvalue weighted by Gasteiger charge is 2.19.